The molecule has 0 spiro atoms. The molecular formula is C11H19N3O2. The van der Waals surface area contributed by atoms with Crippen molar-refractivity contribution >= 4 is 5.91 Å². The van der Waals surface area contributed by atoms with E-state index in [1.54, 1.807) is 6.07 Å². The molecule has 0 saturated heterocycles. The second-order valence-corrected chi connectivity index (χ2v) is 3.72. The number of nitrogens with one attached hydrogen (secondary N) is 1. The van der Waals surface area contributed by atoms with E-state index in [0.29, 0.717) is 13.0 Å². The average molecular weight is 225 g/mol. The molecule has 1 heterocycles. The van der Waals surface area contributed by atoms with E-state index < -0.39 is 0 Å². The fourth-order valence-corrected chi connectivity index (χ4v) is 1.39. The molecule has 0 aliphatic carbocycles. The highest BCUT2D eigenvalue weighted by Gasteiger charge is 2.02. The van der Waals surface area contributed by atoms with Gasteiger partial charge in [0, 0.05) is 12.5 Å². The predicted octanol–water partition coefficient (Wildman–Crippen LogP) is 1.20. The Labute approximate surface area is 95.4 Å². The molecule has 0 aromatic carbocycles. The summed E-state index contributed by atoms with van der Waals surface area (Å²) in [5, 5.41) is 6.50. The quantitative estimate of drug-likeness (QED) is 0.651. The highest BCUT2D eigenvalue weighted by atomic mass is 16.5. The summed E-state index contributed by atoms with van der Waals surface area (Å²) in [5.41, 5.74) is 6.12. The molecule has 0 aliphatic rings. The van der Waals surface area contributed by atoms with Crippen molar-refractivity contribution in [3.63, 3.8) is 0 Å². The molecule has 3 N–H and O–H groups in total. The van der Waals surface area contributed by atoms with Crippen LogP contribution in [-0.4, -0.2) is 17.6 Å². The lowest BCUT2D eigenvalue weighted by atomic mass is 10.1. The van der Waals surface area contributed by atoms with Crippen LogP contribution in [0.5, 0.6) is 0 Å². The molecule has 5 nitrogen and oxygen atoms in total. The third kappa shape index (κ3) is 5.50. The summed E-state index contributed by atoms with van der Waals surface area (Å²) < 4.78 is 4.66. The first-order valence-corrected chi connectivity index (χ1v) is 5.69. The highest BCUT2D eigenvalue weighted by Crippen LogP contribution is 2.02. The second-order valence-electron chi connectivity index (χ2n) is 3.72. The van der Waals surface area contributed by atoms with E-state index in [2.05, 4.69) is 15.0 Å². The molecule has 0 radical (unpaired) electrons. The molecule has 90 valence electrons. The Morgan fingerprint density at radius 3 is 2.88 bits per heavy atom. The third-order valence-corrected chi connectivity index (χ3v) is 2.32. The van der Waals surface area contributed by atoms with Gasteiger partial charge in [0.15, 0.2) is 0 Å². The standard InChI is InChI=1S/C11H19N3O2/c12-7-4-2-1-3-5-11(15)13-9-10-6-8-16-14-10/h6,8H,1-5,7,9,12H2,(H,13,15). The van der Waals surface area contributed by atoms with Gasteiger partial charge in [-0.05, 0) is 19.4 Å². The maximum Gasteiger partial charge on any atom is 0.220 e. The van der Waals surface area contributed by atoms with Gasteiger partial charge in [-0.2, -0.15) is 0 Å². The molecule has 1 rings (SSSR count). The average Bonchev–Trinajstić information content (AvgIpc) is 2.79. The maximum atomic E-state index is 11.4. The van der Waals surface area contributed by atoms with Crippen LogP contribution in [0.25, 0.3) is 0 Å². The van der Waals surface area contributed by atoms with Crippen molar-refractivity contribution in [2.45, 2.75) is 38.6 Å². The summed E-state index contributed by atoms with van der Waals surface area (Å²) in [5.74, 6) is 0.0655. The smallest absolute Gasteiger partial charge is 0.220 e. The van der Waals surface area contributed by atoms with Gasteiger partial charge in [-0.15, -0.1) is 0 Å². The number of carbonyl (C=O) groups is 1. The fraction of sp³-hybridized carbons (Fsp3) is 0.636. The molecule has 1 amide bonds. The van der Waals surface area contributed by atoms with Crippen LogP contribution in [0.3, 0.4) is 0 Å². The first-order chi connectivity index (χ1) is 7.83. The molecule has 16 heavy (non-hydrogen) atoms. The maximum absolute atomic E-state index is 11.4. The summed E-state index contributed by atoms with van der Waals surface area (Å²) in [6.07, 6.45) is 6.20. The zero-order valence-electron chi connectivity index (χ0n) is 9.45. The number of unbranched alkanes of at least 4 members (excludes halogenated alkanes) is 3. The molecule has 1 aromatic heterocycles. The van der Waals surface area contributed by atoms with Crippen LogP contribution >= 0.6 is 0 Å². The molecule has 5 heteroatoms. The van der Waals surface area contributed by atoms with E-state index >= 15 is 0 Å². The highest BCUT2D eigenvalue weighted by molar-refractivity contribution is 5.75. The normalized spacial score (nSPS) is 10.3. The van der Waals surface area contributed by atoms with Crippen molar-refractivity contribution in [3.05, 3.63) is 18.0 Å². The molecule has 0 saturated carbocycles. The number of rotatable bonds is 8. The summed E-state index contributed by atoms with van der Waals surface area (Å²) in [6.45, 7) is 1.18. The molecule has 1 aromatic rings. The molecule has 0 unspecified atom stereocenters. The first-order valence-electron chi connectivity index (χ1n) is 5.69. The largest absolute Gasteiger partial charge is 0.364 e. The van der Waals surface area contributed by atoms with Gasteiger partial charge in [-0.3, -0.25) is 4.79 Å². The van der Waals surface area contributed by atoms with Gasteiger partial charge in [0.25, 0.3) is 0 Å². The van der Waals surface area contributed by atoms with E-state index in [-0.39, 0.29) is 5.91 Å². The minimum atomic E-state index is 0.0655. The number of hydrogen-bond acceptors (Lipinski definition) is 4. The van der Waals surface area contributed by atoms with Gasteiger partial charge in [-0.25, -0.2) is 0 Å². The Kier molecular flexibility index (Phi) is 6.25. The zero-order valence-corrected chi connectivity index (χ0v) is 9.45. The first kappa shape index (κ1) is 12.7. The van der Waals surface area contributed by atoms with E-state index in [4.69, 9.17) is 5.73 Å². The van der Waals surface area contributed by atoms with Gasteiger partial charge >= 0.3 is 0 Å². The SMILES string of the molecule is NCCCCCCC(=O)NCc1ccon1. The van der Waals surface area contributed by atoms with Crippen molar-refractivity contribution in [3.8, 4) is 0 Å². The number of aromatic nitrogens is 1. The number of nitrogens with zero attached hydrogens (tertiary/aromatic N) is 1. The van der Waals surface area contributed by atoms with E-state index in [0.717, 1.165) is 37.9 Å². The van der Waals surface area contributed by atoms with Crippen molar-refractivity contribution in [1.82, 2.24) is 10.5 Å². The Morgan fingerprint density at radius 2 is 2.19 bits per heavy atom. The lowest BCUT2D eigenvalue weighted by Crippen LogP contribution is -2.22. The van der Waals surface area contributed by atoms with Gasteiger partial charge in [0.1, 0.15) is 12.0 Å². The van der Waals surface area contributed by atoms with Gasteiger partial charge in [0.05, 0.1) is 6.54 Å². The Balaban J connectivity index is 1.99. The molecule has 0 atom stereocenters. The van der Waals surface area contributed by atoms with Gasteiger partial charge < -0.3 is 15.6 Å². The Bertz CT molecular complexity index is 285. The summed E-state index contributed by atoms with van der Waals surface area (Å²) in [4.78, 5) is 11.4. The summed E-state index contributed by atoms with van der Waals surface area (Å²) in [6, 6.07) is 1.74. The predicted molar refractivity (Wildman–Crippen MR) is 60.5 cm³/mol. The van der Waals surface area contributed by atoms with Crippen LogP contribution < -0.4 is 11.1 Å². The van der Waals surface area contributed by atoms with Crippen LogP contribution in [0.1, 0.15) is 37.8 Å². The van der Waals surface area contributed by atoms with Crippen LogP contribution in [0, 0.1) is 0 Å². The van der Waals surface area contributed by atoms with Crippen molar-refractivity contribution in [2.75, 3.05) is 6.54 Å². The van der Waals surface area contributed by atoms with Crippen molar-refractivity contribution in [2.24, 2.45) is 5.73 Å². The van der Waals surface area contributed by atoms with Crippen LogP contribution in [-0.2, 0) is 11.3 Å². The van der Waals surface area contributed by atoms with Crippen LogP contribution in [0.4, 0.5) is 0 Å². The van der Waals surface area contributed by atoms with Crippen LogP contribution in [0.15, 0.2) is 16.9 Å². The monoisotopic (exact) mass is 225 g/mol. The number of hydrogen-bond donors (Lipinski definition) is 2. The fourth-order valence-electron chi connectivity index (χ4n) is 1.39. The van der Waals surface area contributed by atoms with Crippen molar-refractivity contribution in [1.29, 1.82) is 0 Å². The summed E-state index contributed by atoms with van der Waals surface area (Å²) in [7, 11) is 0. The lowest BCUT2D eigenvalue weighted by molar-refractivity contribution is -0.121. The lowest BCUT2D eigenvalue weighted by Gasteiger charge is -2.02. The minimum Gasteiger partial charge on any atom is -0.364 e. The van der Waals surface area contributed by atoms with Crippen LogP contribution in [0.2, 0.25) is 0 Å². The second kappa shape index (κ2) is 7.87. The minimum absolute atomic E-state index is 0.0655. The molecule has 0 bridgehead atoms. The Hall–Kier alpha value is -1.36. The van der Waals surface area contributed by atoms with Crippen molar-refractivity contribution < 1.29 is 9.32 Å². The molecule has 0 fully saturated rings. The molecular weight excluding hydrogens is 206 g/mol. The Morgan fingerprint density at radius 1 is 1.38 bits per heavy atom. The zero-order chi connectivity index (χ0) is 11.6. The van der Waals surface area contributed by atoms with E-state index in [1.807, 2.05) is 0 Å². The third-order valence-electron chi connectivity index (χ3n) is 2.32. The van der Waals surface area contributed by atoms with Gasteiger partial charge in [-0.1, -0.05) is 18.0 Å². The van der Waals surface area contributed by atoms with E-state index in [1.165, 1.54) is 6.26 Å². The van der Waals surface area contributed by atoms with Gasteiger partial charge in [0.2, 0.25) is 5.91 Å². The number of nitrogens with two attached hydrogens (primary N) is 1. The topological polar surface area (TPSA) is 81.2 Å². The summed E-state index contributed by atoms with van der Waals surface area (Å²) >= 11 is 0. The number of amides is 1. The molecule has 0 aliphatic heterocycles. The van der Waals surface area contributed by atoms with E-state index in [9.17, 15) is 4.79 Å². The number of carbonyl (C=O) groups excluding carboxylic acids is 1.